The zero-order chi connectivity index (χ0) is 19.5. The molecule has 4 aliphatic heterocycles. The van der Waals surface area contributed by atoms with Crippen LogP contribution >= 0.6 is 24.8 Å². The molecule has 30 heavy (non-hydrogen) atoms. The second-order valence-corrected chi connectivity index (χ2v) is 9.94. The molecule has 5 heterocycles. The zero-order valence-electron chi connectivity index (χ0n) is 18.3. The minimum atomic E-state index is 0. The number of aromatic nitrogens is 2. The molecule has 168 valence electrons. The number of benzene rings is 1. The average Bonchev–Trinajstić information content (AvgIpc) is 3.01. The number of nitrogens with zero attached hydrogens (tertiary/aromatic N) is 3. The van der Waals surface area contributed by atoms with Crippen molar-refractivity contribution in [2.75, 3.05) is 26.2 Å². The highest BCUT2D eigenvalue weighted by Gasteiger charge is 2.55. The smallest absolute Gasteiger partial charge is 0.306 e. The van der Waals surface area contributed by atoms with Crippen LogP contribution in [0, 0.1) is 11.8 Å². The van der Waals surface area contributed by atoms with E-state index in [1.165, 1.54) is 25.9 Å². The van der Waals surface area contributed by atoms with Gasteiger partial charge >= 0.3 is 5.69 Å². The molecule has 4 fully saturated rings. The predicted molar refractivity (Wildman–Crippen MR) is 128 cm³/mol. The monoisotopic (exact) mass is 454 g/mol. The van der Waals surface area contributed by atoms with Crippen LogP contribution in [0.25, 0.3) is 11.0 Å². The number of aromatic amines is 1. The number of nitrogens with one attached hydrogen (secondary N) is 1. The highest BCUT2D eigenvalue weighted by Crippen LogP contribution is 2.50. The Morgan fingerprint density at radius 2 is 1.83 bits per heavy atom. The zero-order valence-corrected chi connectivity index (χ0v) is 20.0. The van der Waals surface area contributed by atoms with Crippen LogP contribution < -0.4 is 5.69 Å². The van der Waals surface area contributed by atoms with E-state index in [0.717, 1.165) is 54.8 Å². The minimum Gasteiger partial charge on any atom is -0.306 e. The number of likely N-dealkylation sites (tertiary alicyclic amines) is 1. The summed E-state index contributed by atoms with van der Waals surface area (Å²) in [5.41, 5.74) is 2.47. The molecule has 5 nitrogen and oxygen atoms in total. The van der Waals surface area contributed by atoms with E-state index in [1.54, 1.807) is 0 Å². The topological polar surface area (TPSA) is 44.3 Å². The van der Waals surface area contributed by atoms with Gasteiger partial charge in [0.05, 0.1) is 11.0 Å². The van der Waals surface area contributed by atoms with Crippen LogP contribution in [-0.2, 0) is 0 Å². The van der Waals surface area contributed by atoms with E-state index < -0.39 is 0 Å². The lowest BCUT2D eigenvalue weighted by molar-refractivity contribution is -0.158. The molecule has 2 aromatic rings. The summed E-state index contributed by atoms with van der Waals surface area (Å²) in [4.78, 5) is 20.8. The summed E-state index contributed by atoms with van der Waals surface area (Å²) < 4.78 is 2.00. The largest absolute Gasteiger partial charge is 0.326 e. The van der Waals surface area contributed by atoms with Gasteiger partial charge in [-0.2, -0.15) is 0 Å². The number of H-pyrrole nitrogens is 1. The maximum atomic E-state index is 12.5. The maximum absolute atomic E-state index is 12.5. The number of piperidine rings is 3. The summed E-state index contributed by atoms with van der Waals surface area (Å²) in [5, 5.41) is 0. The Morgan fingerprint density at radius 1 is 1.13 bits per heavy atom. The molecule has 0 amide bonds. The van der Waals surface area contributed by atoms with Gasteiger partial charge in [-0.1, -0.05) is 12.1 Å². The fourth-order valence-corrected chi connectivity index (χ4v) is 6.48. The van der Waals surface area contributed by atoms with Gasteiger partial charge in [-0.3, -0.25) is 9.47 Å². The van der Waals surface area contributed by atoms with Crippen molar-refractivity contribution in [3.63, 3.8) is 0 Å². The Labute approximate surface area is 192 Å². The van der Waals surface area contributed by atoms with E-state index in [9.17, 15) is 4.79 Å². The quantitative estimate of drug-likeness (QED) is 0.747. The minimum absolute atomic E-state index is 0. The Morgan fingerprint density at radius 3 is 2.50 bits per heavy atom. The van der Waals surface area contributed by atoms with Gasteiger partial charge in [0, 0.05) is 37.3 Å². The standard InChI is InChI=1S/C23H34N4O.2ClH/c1-16-14-17(19-15-26(16)23(19,2)3)8-11-25-12-9-18(10-13-25)27-21-7-5-4-6-20(21)24-22(27)28;;/h4-7,16-19H,8-15H2,1-3H3,(H,24,28);2*1H/t16-,17?,19?;;/m1../s1. The van der Waals surface area contributed by atoms with Gasteiger partial charge in [-0.05, 0) is 77.0 Å². The third-order valence-corrected chi connectivity index (χ3v) is 8.15. The number of halogens is 2. The summed E-state index contributed by atoms with van der Waals surface area (Å²) >= 11 is 0. The molecule has 4 saturated heterocycles. The number of imidazole rings is 1. The summed E-state index contributed by atoms with van der Waals surface area (Å²) in [5.74, 6) is 1.76. The molecule has 1 aromatic carbocycles. The SMILES string of the molecule is C[C@@H]1CC(CCN2CCC(n3c(=O)[nH]c4ccccc43)CC2)C2CN1C2(C)C.Cl.Cl. The van der Waals surface area contributed by atoms with Crippen LogP contribution in [0.1, 0.15) is 52.5 Å². The third-order valence-electron chi connectivity index (χ3n) is 8.15. The number of fused-ring (bicyclic) bond motifs is 3. The fraction of sp³-hybridized carbons (Fsp3) is 0.696. The second-order valence-electron chi connectivity index (χ2n) is 9.94. The van der Waals surface area contributed by atoms with Gasteiger partial charge in [-0.25, -0.2) is 4.79 Å². The van der Waals surface area contributed by atoms with E-state index in [0.29, 0.717) is 11.6 Å². The molecule has 7 heteroatoms. The van der Waals surface area contributed by atoms with Gasteiger partial charge in [0.2, 0.25) is 0 Å². The molecule has 0 aliphatic carbocycles. The van der Waals surface area contributed by atoms with E-state index >= 15 is 0 Å². The highest BCUT2D eigenvalue weighted by molar-refractivity contribution is 5.85. The van der Waals surface area contributed by atoms with Crippen LogP contribution in [0.15, 0.2) is 29.1 Å². The molecule has 4 aliphatic rings. The molecule has 3 unspecified atom stereocenters. The van der Waals surface area contributed by atoms with E-state index in [1.807, 2.05) is 22.8 Å². The van der Waals surface area contributed by atoms with E-state index in [2.05, 4.69) is 41.6 Å². The van der Waals surface area contributed by atoms with Crippen LogP contribution in [0.2, 0.25) is 0 Å². The maximum Gasteiger partial charge on any atom is 0.326 e. The summed E-state index contributed by atoms with van der Waals surface area (Å²) in [6, 6.07) is 9.14. The molecule has 0 spiro atoms. The molecule has 1 aromatic heterocycles. The Hall–Kier alpha value is -1.01. The first-order valence-corrected chi connectivity index (χ1v) is 11.1. The first-order chi connectivity index (χ1) is 13.4. The van der Waals surface area contributed by atoms with E-state index in [4.69, 9.17) is 0 Å². The lowest BCUT2D eigenvalue weighted by atomic mass is 9.62. The lowest BCUT2D eigenvalue weighted by Crippen LogP contribution is -2.72. The molecule has 4 atom stereocenters. The molecule has 0 radical (unpaired) electrons. The number of hydrogen-bond acceptors (Lipinski definition) is 3. The van der Waals surface area contributed by atoms with Crippen LogP contribution in [0.3, 0.4) is 0 Å². The summed E-state index contributed by atoms with van der Waals surface area (Å²) in [7, 11) is 0. The van der Waals surface area contributed by atoms with E-state index in [-0.39, 0.29) is 30.5 Å². The summed E-state index contributed by atoms with van der Waals surface area (Å²) in [6.07, 6.45) is 4.86. The average molecular weight is 455 g/mol. The van der Waals surface area contributed by atoms with Crippen molar-refractivity contribution < 1.29 is 0 Å². The van der Waals surface area contributed by atoms with Crippen LogP contribution in [0.5, 0.6) is 0 Å². The molecule has 2 bridgehead atoms. The van der Waals surface area contributed by atoms with Gasteiger partial charge in [0.15, 0.2) is 0 Å². The van der Waals surface area contributed by atoms with Crippen molar-refractivity contribution in [2.24, 2.45) is 11.8 Å². The van der Waals surface area contributed by atoms with Crippen molar-refractivity contribution in [3.05, 3.63) is 34.7 Å². The molecular formula is C23H36Cl2N4O. The molecule has 1 N–H and O–H groups in total. The van der Waals surface area contributed by atoms with Crippen LogP contribution in [0.4, 0.5) is 0 Å². The summed E-state index contributed by atoms with van der Waals surface area (Å²) in [6.45, 7) is 12.0. The first kappa shape index (κ1) is 23.6. The molecule has 6 rings (SSSR count). The van der Waals surface area contributed by atoms with Crippen molar-refractivity contribution in [3.8, 4) is 0 Å². The van der Waals surface area contributed by atoms with Crippen molar-refractivity contribution in [1.82, 2.24) is 19.4 Å². The fourth-order valence-electron chi connectivity index (χ4n) is 6.48. The number of rotatable bonds is 4. The number of para-hydroxylation sites is 2. The van der Waals surface area contributed by atoms with Gasteiger partial charge in [-0.15, -0.1) is 24.8 Å². The first-order valence-electron chi connectivity index (χ1n) is 11.1. The normalized spacial score (nSPS) is 30.9. The molecular weight excluding hydrogens is 419 g/mol. The lowest BCUT2D eigenvalue weighted by Gasteiger charge is -2.65. The van der Waals surface area contributed by atoms with Gasteiger partial charge in [0.25, 0.3) is 0 Å². The third kappa shape index (κ3) is 3.83. The Kier molecular flexibility index (Phi) is 6.98. The van der Waals surface area contributed by atoms with Crippen molar-refractivity contribution in [1.29, 1.82) is 0 Å². The van der Waals surface area contributed by atoms with Crippen LogP contribution in [-0.4, -0.2) is 57.1 Å². The highest BCUT2D eigenvalue weighted by atomic mass is 35.5. The van der Waals surface area contributed by atoms with Crippen molar-refractivity contribution in [2.45, 2.75) is 64.1 Å². The van der Waals surface area contributed by atoms with Gasteiger partial charge in [0.1, 0.15) is 0 Å². The Balaban J connectivity index is 0.00000128. The molecule has 0 saturated carbocycles. The Bertz CT molecular complexity index is 915. The number of hydrogen-bond donors (Lipinski definition) is 1. The second kappa shape index (κ2) is 8.85. The van der Waals surface area contributed by atoms with Gasteiger partial charge < -0.3 is 9.88 Å². The van der Waals surface area contributed by atoms with Crippen molar-refractivity contribution >= 4 is 35.8 Å². The predicted octanol–water partition coefficient (Wildman–Crippen LogP) is 4.32.